The predicted octanol–water partition coefficient (Wildman–Crippen LogP) is 3.68. The quantitative estimate of drug-likeness (QED) is 0.472. The molecule has 0 atom stereocenters. The summed E-state index contributed by atoms with van der Waals surface area (Å²) in [6, 6.07) is 4.00. The van der Waals surface area contributed by atoms with Gasteiger partial charge in [0.2, 0.25) is 0 Å². The van der Waals surface area contributed by atoms with E-state index in [9.17, 15) is 9.59 Å². The normalized spacial score (nSPS) is 21.9. The van der Waals surface area contributed by atoms with E-state index >= 15 is 0 Å². The highest BCUT2D eigenvalue weighted by atomic mass is 32.2. The number of anilines is 1. The first-order valence-corrected chi connectivity index (χ1v) is 13.5. The van der Waals surface area contributed by atoms with Crippen LogP contribution < -0.4 is 10.5 Å². The van der Waals surface area contributed by atoms with Crippen LogP contribution in [-0.4, -0.2) is 68.2 Å². The van der Waals surface area contributed by atoms with Crippen LogP contribution >= 0.6 is 24.0 Å². The molecule has 0 N–H and O–H groups in total. The highest BCUT2D eigenvalue weighted by Gasteiger charge is 2.38. The Morgan fingerprint density at radius 1 is 1.15 bits per heavy atom. The molecule has 0 unspecified atom stereocenters. The Kier molecular flexibility index (Phi) is 6.77. The lowest BCUT2D eigenvalue weighted by molar-refractivity contribution is -0.124. The van der Waals surface area contributed by atoms with Gasteiger partial charge in [-0.1, -0.05) is 56.2 Å². The molecule has 2 saturated heterocycles. The van der Waals surface area contributed by atoms with Gasteiger partial charge in [-0.3, -0.25) is 18.9 Å². The predicted molar refractivity (Wildman–Crippen MR) is 142 cm³/mol. The van der Waals surface area contributed by atoms with Crippen molar-refractivity contribution >= 4 is 51.7 Å². The lowest BCUT2D eigenvalue weighted by Crippen LogP contribution is -2.47. The fourth-order valence-corrected chi connectivity index (χ4v) is 6.59. The number of thioether (sulfide) groups is 1. The Bertz CT molecular complexity index is 1210. The molecule has 2 aromatic rings. The van der Waals surface area contributed by atoms with E-state index in [1.165, 1.54) is 18.2 Å². The van der Waals surface area contributed by atoms with Crippen molar-refractivity contribution in [3.05, 3.63) is 44.7 Å². The number of rotatable bonds is 4. The lowest BCUT2D eigenvalue weighted by atomic mass is 9.94. The minimum atomic E-state index is -0.149. The number of piperazine rings is 1. The second-order valence-corrected chi connectivity index (χ2v) is 11.0. The summed E-state index contributed by atoms with van der Waals surface area (Å²) in [5, 5.41) is 0. The molecule has 9 heteroatoms. The van der Waals surface area contributed by atoms with Crippen molar-refractivity contribution in [1.29, 1.82) is 0 Å². The number of aromatic nitrogens is 2. The van der Waals surface area contributed by atoms with Gasteiger partial charge < -0.3 is 9.80 Å². The van der Waals surface area contributed by atoms with E-state index in [2.05, 4.69) is 16.7 Å². The molecule has 3 fully saturated rings. The Hall–Kier alpha value is -2.23. The minimum absolute atomic E-state index is 0.0719. The third-order valence-corrected chi connectivity index (χ3v) is 8.55. The van der Waals surface area contributed by atoms with Crippen molar-refractivity contribution in [1.82, 2.24) is 19.2 Å². The van der Waals surface area contributed by atoms with Gasteiger partial charge >= 0.3 is 0 Å². The second kappa shape index (κ2) is 9.79. The van der Waals surface area contributed by atoms with Gasteiger partial charge in [0.25, 0.3) is 11.5 Å². The number of carbonyl (C=O) groups excluding carboxylic acids is 1. The smallest absolute Gasteiger partial charge is 0.267 e. The molecule has 5 rings (SSSR count). The summed E-state index contributed by atoms with van der Waals surface area (Å²) < 4.78 is 2.19. The van der Waals surface area contributed by atoms with Crippen molar-refractivity contribution in [2.24, 2.45) is 0 Å². The summed E-state index contributed by atoms with van der Waals surface area (Å²) in [6.45, 7) is 8.59. The number of hydrogen-bond acceptors (Lipinski definition) is 7. The molecule has 0 spiro atoms. The van der Waals surface area contributed by atoms with Gasteiger partial charge in [0.05, 0.1) is 10.5 Å². The number of likely N-dealkylation sites (N-methyl/N-ethyl adjacent to an activating group) is 1. The number of fused-ring (bicyclic) bond motifs is 1. The van der Waals surface area contributed by atoms with Crippen molar-refractivity contribution < 1.29 is 4.79 Å². The van der Waals surface area contributed by atoms with Crippen LogP contribution in [0.3, 0.4) is 0 Å². The summed E-state index contributed by atoms with van der Waals surface area (Å²) in [5.41, 5.74) is 1.93. The number of hydrogen-bond donors (Lipinski definition) is 0. The summed E-state index contributed by atoms with van der Waals surface area (Å²) >= 11 is 6.93. The summed E-state index contributed by atoms with van der Waals surface area (Å²) in [7, 11) is 0. The molecule has 1 saturated carbocycles. The summed E-state index contributed by atoms with van der Waals surface area (Å²) in [6.07, 6.45) is 8.95. The lowest BCUT2D eigenvalue weighted by Gasteiger charge is -2.35. The van der Waals surface area contributed by atoms with Crippen LogP contribution in [0.4, 0.5) is 5.82 Å². The molecule has 4 heterocycles. The number of carbonyl (C=O) groups is 1. The number of amides is 1. The maximum atomic E-state index is 13.7. The van der Waals surface area contributed by atoms with Crippen molar-refractivity contribution in [2.45, 2.75) is 52.0 Å². The van der Waals surface area contributed by atoms with Gasteiger partial charge in [0.15, 0.2) is 0 Å². The molecule has 2 aromatic heterocycles. The standard InChI is InChI=1S/C25H31N5O2S2/c1-3-27-12-14-28(15-13-27)22-19(23(31)29-11-7-8-17(2)21(29)26-22)16-20-24(32)30(25(33)34-20)18-9-5-4-6-10-18/h7-8,11,16,18H,3-6,9-10,12-15H2,1-2H3/b20-16+. The molecular weight excluding hydrogens is 466 g/mol. The first-order chi connectivity index (χ1) is 16.5. The minimum Gasteiger partial charge on any atom is -0.353 e. The van der Waals surface area contributed by atoms with Crippen molar-refractivity contribution in [3.63, 3.8) is 0 Å². The molecule has 2 aliphatic heterocycles. The van der Waals surface area contributed by atoms with E-state index in [-0.39, 0.29) is 17.5 Å². The molecule has 34 heavy (non-hydrogen) atoms. The fourth-order valence-electron chi connectivity index (χ4n) is 5.21. The van der Waals surface area contributed by atoms with Crippen LogP contribution in [0.25, 0.3) is 11.7 Å². The van der Waals surface area contributed by atoms with Crippen LogP contribution in [-0.2, 0) is 4.79 Å². The van der Waals surface area contributed by atoms with Crippen LogP contribution in [0.2, 0.25) is 0 Å². The molecule has 0 radical (unpaired) electrons. The SMILES string of the molecule is CCN1CCN(c2nc3c(C)cccn3c(=O)c2/C=C2/SC(=S)N(C3CCCCC3)C2=O)CC1. The number of nitrogens with zero attached hydrogens (tertiary/aromatic N) is 5. The maximum Gasteiger partial charge on any atom is 0.267 e. The molecule has 0 bridgehead atoms. The number of pyridine rings is 1. The zero-order valence-corrected chi connectivity index (χ0v) is 21.5. The zero-order valence-electron chi connectivity index (χ0n) is 19.8. The number of aryl methyl sites for hydroxylation is 1. The highest BCUT2D eigenvalue weighted by Crippen LogP contribution is 2.38. The Morgan fingerprint density at radius 2 is 1.88 bits per heavy atom. The van der Waals surface area contributed by atoms with E-state index in [1.807, 2.05) is 19.1 Å². The molecule has 180 valence electrons. The van der Waals surface area contributed by atoms with E-state index in [1.54, 1.807) is 21.6 Å². The van der Waals surface area contributed by atoms with Crippen LogP contribution in [0.5, 0.6) is 0 Å². The third kappa shape index (κ3) is 4.29. The first kappa shape index (κ1) is 23.5. The van der Waals surface area contributed by atoms with Gasteiger partial charge in [0.1, 0.15) is 15.8 Å². The van der Waals surface area contributed by atoms with Crippen LogP contribution in [0.15, 0.2) is 28.0 Å². The van der Waals surface area contributed by atoms with Gasteiger partial charge in [-0.05, 0) is 44.0 Å². The van der Waals surface area contributed by atoms with E-state index in [0.29, 0.717) is 26.3 Å². The molecule has 3 aliphatic rings. The molecule has 1 aliphatic carbocycles. The molecule has 0 aromatic carbocycles. The Labute approximate surface area is 209 Å². The fraction of sp³-hybridized carbons (Fsp3) is 0.520. The average Bonchev–Trinajstić information content (AvgIpc) is 3.14. The van der Waals surface area contributed by atoms with E-state index in [0.717, 1.165) is 64.0 Å². The topological polar surface area (TPSA) is 61.2 Å². The average molecular weight is 498 g/mol. The van der Waals surface area contributed by atoms with Crippen molar-refractivity contribution in [2.75, 3.05) is 37.6 Å². The largest absolute Gasteiger partial charge is 0.353 e. The maximum absolute atomic E-state index is 13.7. The Morgan fingerprint density at radius 3 is 2.59 bits per heavy atom. The summed E-state index contributed by atoms with van der Waals surface area (Å²) in [4.78, 5) is 39.0. The van der Waals surface area contributed by atoms with Gasteiger partial charge in [-0.2, -0.15) is 0 Å². The first-order valence-electron chi connectivity index (χ1n) is 12.2. The van der Waals surface area contributed by atoms with Crippen LogP contribution in [0, 0.1) is 6.92 Å². The van der Waals surface area contributed by atoms with E-state index in [4.69, 9.17) is 17.2 Å². The second-order valence-electron chi connectivity index (χ2n) is 9.30. The van der Waals surface area contributed by atoms with Gasteiger partial charge in [-0.25, -0.2) is 4.98 Å². The monoisotopic (exact) mass is 497 g/mol. The van der Waals surface area contributed by atoms with Crippen LogP contribution in [0.1, 0.15) is 50.2 Å². The Balaban J connectivity index is 1.57. The molecule has 1 amide bonds. The summed E-state index contributed by atoms with van der Waals surface area (Å²) in [5.74, 6) is 0.593. The molecule has 7 nitrogen and oxygen atoms in total. The van der Waals surface area contributed by atoms with E-state index < -0.39 is 0 Å². The third-order valence-electron chi connectivity index (χ3n) is 7.22. The zero-order chi connectivity index (χ0) is 23.8. The molecular formula is C25H31N5O2S2. The highest BCUT2D eigenvalue weighted by molar-refractivity contribution is 8.26. The van der Waals surface area contributed by atoms with Crippen molar-refractivity contribution in [3.8, 4) is 0 Å². The number of thiocarbonyl (C=S) groups is 1. The van der Waals surface area contributed by atoms with Gasteiger partial charge in [-0.15, -0.1) is 0 Å². The van der Waals surface area contributed by atoms with Gasteiger partial charge in [0, 0.05) is 38.4 Å².